The van der Waals surface area contributed by atoms with Crippen LogP contribution in [0.5, 0.6) is 0 Å². The van der Waals surface area contributed by atoms with Gasteiger partial charge in [0.15, 0.2) is 0 Å². The van der Waals surface area contributed by atoms with Crippen LogP contribution in [0.2, 0.25) is 0 Å². The number of hydrogen-bond acceptors (Lipinski definition) is 0. The Balaban J connectivity index is 1.16. The van der Waals surface area contributed by atoms with Crippen LogP contribution in [0, 0.1) is 386 Å². The third kappa shape index (κ3) is 13.7. The third-order valence-electron chi connectivity index (χ3n) is 59.5. The molecule has 12 fully saturated rings. The lowest BCUT2D eigenvalue weighted by Crippen LogP contribution is -2.73. The van der Waals surface area contributed by atoms with Crippen molar-refractivity contribution in [3.63, 3.8) is 0 Å². The van der Waals surface area contributed by atoms with Gasteiger partial charge in [0.05, 0.1) is 0 Å². The molecule has 0 radical (unpaired) electrons. The number of fused-ring (bicyclic) bond motifs is 24. The first-order valence-corrected chi connectivity index (χ1v) is 58.3. The van der Waals surface area contributed by atoms with Crippen LogP contribution in [0.3, 0.4) is 0 Å². The molecule has 14 rings (SSSR count). The number of rotatable bonds is 0. The van der Waals surface area contributed by atoms with Crippen molar-refractivity contribution in [2.24, 2.45) is 386 Å². The maximum Gasteiger partial charge on any atom is -0.0197 e. The second-order valence-corrected chi connectivity index (χ2v) is 61.1. The van der Waals surface area contributed by atoms with Crippen LogP contribution in [0.15, 0.2) is 11.1 Å². The van der Waals surface area contributed by atoms with Crippen molar-refractivity contribution in [2.75, 3.05) is 0 Å². The predicted molar refractivity (Wildman–Crippen MR) is 559 cm³/mol. The van der Waals surface area contributed by atoms with Crippen molar-refractivity contribution >= 4 is 0 Å². The van der Waals surface area contributed by atoms with E-state index < -0.39 is 0 Å². The van der Waals surface area contributed by atoms with E-state index in [4.69, 9.17) is 0 Å². The molecule has 12 saturated carbocycles. The largest absolute Gasteiger partial charge is 0.0642 e. The molecule has 740 valence electrons. The zero-order valence-electron chi connectivity index (χ0n) is 96.0. The molecular formula is C128H228. The molecular weight excluding hydrogens is 1540 g/mol. The summed E-state index contributed by atoms with van der Waals surface area (Å²) in [6, 6.07) is 0. The summed E-state index contributed by atoms with van der Waals surface area (Å²) in [5, 5.41) is 0. The third-order valence-corrected chi connectivity index (χ3v) is 59.5. The predicted octanol–water partition coefficient (Wildman–Crippen LogP) is 37.0. The standard InChI is InChI=1S/C128H228/c1-61-58-126(50)120(39,40)96(36)95(35)119(37,38)125(126,49)54-53-97-55-98-81(21)106(80(97)20)72(12)76(16)113-77(17)73(13)107-86(26)103(61)89(29)111(93(107)33)101-57-102(85(25)118-71(11)67(7)66(6)70(10)117(118)84(101)24)112-91(31)105-63(3)60-128(52)124(47,48)122(43,44)121(41,42)123(45,46)127(128,51)59-62(2)104-87(27)108(74(14)78(18)114(113)79(19)75(15)109(88(105)28)94(112)34)92(32)110(90(104)30)100-56-99(98)82(22)115-68(8)64(4)65(5)69(9)116(115)83(100)23/h61-112,115-118H,53-60H2,1-52H3. The monoisotopic (exact) mass is 1770 g/mol. The van der Waals surface area contributed by atoms with Gasteiger partial charge >= 0.3 is 0 Å². The highest BCUT2D eigenvalue weighted by atomic mass is 14.8. The van der Waals surface area contributed by atoms with Crippen LogP contribution >= 0.6 is 0 Å². The lowest BCUT2D eigenvalue weighted by molar-refractivity contribution is -0.308. The lowest BCUT2D eigenvalue weighted by Gasteiger charge is -2.79. The molecule has 0 aromatic rings. The molecule has 18 bridgehead atoms. The van der Waals surface area contributed by atoms with E-state index in [0.29, 0.717) is 254 Å². The van der Waals surface area contributed by atoms with Crippen LogP contribution in [0.1, 0.15) is 411 Å². The van der Waals surface area contributed by atoms with Gasteiger partial charge in [-0.3, -0.25) is 0 Å². The van der Waals surface area contributed by atoms with Crippen molar-refractivity contribution < 1.29 is 0 Å². The maximum atomic E-state index is 3.06. The zero-order valence-corrected chi connectivity index (χ0v) is 96.0. The minimum Gasteiger partial charge on any atom is -0.0642 e. The van der Waals surface area contributed by atoms with Crippen molar-refractivity contribution in [3.8, 4) is 0 Å². The van der Waals surface area contributed by atoms with Crippen molar-refractivity contribution in [3.05, 3.63) is 11.1 Å². The van der Waals surface area contributed by atoms with Crippen LogP contribution in [0.25, 0.3) is 0 Å². The van der Waals surface area contributed by atoms with E-state index in [1.165, 1.54) is 51.4 Å². The van der Waals surface area contributed by atoms with Gasteiger partial charge in [-0.1, -0.05) is 371 Å². The number of hydrogen-bond donors (Lipinski definition) is 0. The highest BCUT2D eigenvalue weighted by Crippen LogP contribution is 2.83. The Morgan fingerprint density at radius 3 is 0.680 bits per heavy atom. The van der Waals surface area contributed by atoms with E-state index in [1.54, 1.807) is 0 Å². The first kappa shape index (κ1) is 104. The molecule has 0 heteroatoms. The highest BCUT2D eigenvalue weighted by Gasteiger charge is 2.77. The van der Waals surface area contributed by atoms with Crippen molar-refractivity contribution in [1.29, 1.82) is 0 Å². The summed E-state index contributed by atoms with van der Waals surface area (Å²) in [5.74, 6) is 36.4. The average molecular weight is 1770 g/mol. The fourth-order valence-electron chi connectivity index (χ4n) is 48.7. The zero-order chi connectivity index (χ0) is 96.1. The summed E-state index contributed by atoms with van der Waals surface area (Å²) in [6.45, 7) is 154. The molecule has 0 heterocycles. The van der Waals surface area contributed by atoms with E-state index in [1.807, 2.05) is 0 Å². The molecule has 0 spiro atoms. The number of allylic oxidation sites excluding steroid dienone is 2. The molecule has 14 aliphatic rings. The molecule has 60 atom stereocenters. The van der Waals surface area contributed by atoms with E-state index >= 15 is 0 Å². The summed E-state index contributed by atoms with van der Waals surface area (Å²) in [6.07, 6.45) is 11.2. The van der Waals surface area contributed by atoms with E-state index in [9.17, 15) is 0 Å². The Kier molecular flexibility index (Phi) is 27.8. The Morgan fingerprint density at radius 2 is 0.391 bits per heavy atom. The van der Waals surface area contributed by atoms with Gasteiger partial charge in [-0.25, -0.2) is 0 Å². The van der Waals surface area contributed by atoms with Crippen LogP contribution in [-0.4, -0.2) is 0 Å². The maximum absolute atomic E-state index is 3.06. The van der Waals surface area contributed by atoms with Gasteiger partial charge in [0.2, 0.25) is 0 Å². The molecule has 60 unspecified atom stereocenters. The summed E-state index contributed by atoms with van der Waals surface area (Å²) in [7, 11) is 0. The van der Waals surface area contributed by atoms with E-state index in [0.717, 1.165) is 76.9 Å². The molecule has 14 aliphatic carbocycles. The Morgan fingerprint density at radius 1 is 0.172 bits per heavy atom. The van der Waals surface area contributed by atoms with Crippen molar-refractivity contribution in [2.45, 2.75) is 411 Å². The van der Waals surface area contributed by atoms with Crippen LogP contribution in [0.4, 0.5) is 0 Å². The Hall–Kier alpha value is -0.260. The lowest BCUT2D eigenvalue weighted by atomic mass is 9.25. The first-order valence-electron chi connectivity index (χ1n) is 58.3. The molecule has 0 aliphatic heterocycles. The van der Waals surface area contributed by atoms with Crippen molar-refractivity contribution in [1.82, 2.24) is 0 Å². The molecule has 128 heavy (non-hydrogen) atoms. The normalized spacial score (nSPS) is 61.0. The quantitative estimate of drug-likeness (QED) is 0.212. The fourth-order valence-corrected chi connectivity index (χ4v) is 48.7. The summed E-state index contributed by atoms with van der Waals surface area (Å²) < 4.78 is 0. The molecule has 0 nitrogen and oxygen atoms in total. The Labute approximate surface area is 802 Å². The molecule has 0 N–H and O–H groups in total. The second kappa shape index (κ2) is 34.3. The van der Waals surface area contributed by atoms with Gasteiger partial charge < -0.3 is 0 Å². The van der Waals surface area contributed by atoms with Gasteiger partial charge in [-0.05, 0) is 437 Å². The summed E-state index contributed by atoms with van der Waals surface area (Å²) in [5.41, 5.74) is 5.01. The molecule has 0 amide bonds. The minimum atomic E-state index is 0.0351. The van der Waals surface area contributed by atoms with E-state index in [-0.39, 0.29) is 54.1 Å². The molecule has 0 aromatic carbocycles. The van der Waals surface area contributed by atoms with Gasteiger partial charge in [-0.2, -0.15) is 0 Å². The fraction of sp³-hybridized carbons (Fsp3) is 0.984. The summed E-state index contributed by atoms with van der Waals surface area (Å²) in [4.78, 5) is 0. The van der Waals surface area contributed by atoms with Gasteiger partial charge in [0.1, 0.15) is 0 Å². The van der Waals surface area contributed by atoms with Gasteiger partial charge in [0.25, 0.3) is 0 Å². The first-order chi connectivity index (χ1) is 58.6. The highest BCUT2D eigenvalue weighted by molar-refractivity contribution is 5.30. The second-order valence-electron chi connectivity index (χ2n) is 61.1. The minimum absolute atomic E-state index is 0.0351. The molecule has 0 saturated heterocycles. The molecule has 0 aromatic heterocycles. The van der Waals surface area contributed by atoms with Gasteiger partial charge in [-0.15, -0.1) is 0 Å². The average Bonchev–Trinajstić information content (AvgIpc) is 0.681. The SMILES string of the molecule is CC1CC2(C)C(C)(C)C(C)(C)C(C)(C)C(C)(C)C2(C)CC(C)C2C(C)C3C(C)C(C)C4=C5C(C)C(C)C6C(C)C(CCC7(C)C(C)(C)C(C)C(C)C(C)(C)C7(C)CC(C)C7C(C)C(C(C)C5C)C(C)C(C7C)C5CC(C(C)C7C(C)C(C)C(C)C(C)C7C5C)C(C2C)C3C)CC(C6C)C2CC(C(C)C3C(C)C(C)C(C)C(C)C3C2C)C2C(C)C1C(C)C(C(C)C4C)C2C. The van der Waals surface area contributed by atoms with Crippen LogP contribution < -0.4 is 0 Å². The topological polar surface area (TPSA) is 0 Å². The smallest absolute Gasteiger partial charge is 0.0197 e. The summed E-state index contributed by atoms with van der Waals surface area (Å²) >= 11 is 0. The van der Waals surface area contributed by atoms with E-state index in [2.05, 4.69) is 371 Å². The Bertz CT molecular complexity index is 3890. The van der Waals surface area contributed by atoms with Crippen LogP contribution in [-0.2, 0) is 0 Å². The van der Waals surface area contributed by atoms with Gasteiger partial charge in [0, 0.05) is 0 Å².